The van der Waals surface area contributed by atoms with Gasteiger partial charge in [-0.05, 0) is 20.8 Å². The number of esters is 2. The van der Waals surface area contributed by atoms with Crippen LogP contribution in [0.15, 0.2) is 18.0 Å². The van der Waals surface area contributed by atoms with E-state index in [-0.39, 0.29) is 29.9 Å². The van der Waals surface area contributed by atoms with Crippen LogP contribution in [-0.2, 0) is 25.6 Å². The first-order valence-corrected chi connectivity index (χ1v) is 7.13. The molecule has 0 unspecified atom stereocenters. The minimum absolute atomic E-state index is 0.107. The van der Waals surface area contributed by atoms with Crippen LogP contribution in [0.2, 0.25) is 0 Å². The maximum atomic E-state index is 12.1. The topological polar surface area (TPSA) is 118 Å². The minimum Gasteiger partial charge on any atom is -0.469 e. The molecule has 0 fully saturated rings. The highest BCUT2D eigenvalue weighted by Crippen LogP contribution is 2.23. The van der Waals surface area contributed by atoms with Crippen LogP contribution in [0.4, 0.5) is 0 Å². The predicted molar refractivity (Wildman–Crippen MR) is 82.8 cm³/mol. The maximum absolute atomic E-state index is 12.1. The third-order valence-corrected chi connectivity index (χ3v) is 3.17. The number of carbonyl (C=O) groups is 2. The minimum atomic E-state index is -0.834. The molecule has 0 aliphatic rings. The summed E-state index contributed by atoms with van der Waals surface area (Å²) < 4.78 is 11.1. The van der Waals surface area contributed by atoms with E-state index in [2.05, 4.69) is 5.10 Å². The zero-order chi connectivity index (χ0) is 18.3. The molecular formula is C16H18N4O4. The van der Waals surface area contributed by atoms with Crippen molar-refractivity contribution in [1.29, 1.82) is 10.5 Å². The second-order valence-electron chi connectivity index (χ2n) is 5.50. The Hall–Kier alpha value is -3.13. The summed E-state index contributed by atoms with van der Waals surface area (Å²) in [4.78, 5) is 23.8. The van der Waals surface area contributed by atoms with E-state index in [0.717, 1.165) is 0 Å². The Morgan fingerprint density at radius 1 is 1.33 bits per heavy atom. The van der Waals surface area contributed by atoms with Gasteiger partial charge in [0.1, 0.15) is 17.7 Å². The van der Waals surface area contributed by atoms with Gasteiger partial charge in [-0.1, -0.05) is 0 Å². The van der Waals surface area contributed by atoms with Gasteiger partial charge in [-0.2, -0.15) is 15.6 Å². The number of carbonyl (C=O) groups excluding carboxylic acids is 2. The quantitative estimate of drug-likeness (QED) is 0.440. The van der Waals surface area contributed by atoms with E-state index in [0.29, 0.717) is 0 Å². The summed E-state index contributed by atoms with van der Waals surface area (Å²) in [6, 6.07) is 3.36. The fourth-order valence-electron chi connectivity index (χ4n) is 2.03. The van der Waals surface area contributed by atoms with Gasteiger partial charge >= 0.3 is 11.9 Å². The van der Waals surface area contributed by atoms with Gasteiger partial charge in [0.05, 0.1) is 37.4 Å². The van der Waals surface area contributed by atoms with Crippen LogP contribution in [0.5, 0.6) is 0 Å². The number of aromatic nitrogens is 2. The molecule has 24 heavy (non-hydrogen) atoms. The van der Waals surface area contributed by atoms with Gasteiger partial charge < -0.3 is 9.47 Å². The maximum Gasteiger partial charge on any atom is 0.340 e. The smallest absolute Gasteiger partial charge is 0.340 e. The summed E-state index contributed by atoms with van der Waals surface area (Å²) in [7, 11) is 1.30. The summed E-state index contributed by atoms with van der Waals surface area (Å²) in [6.45, 7) is 5.31. The van der Waals surface area contributed by atoms with Gasteiger partial charge in [-0.25, -0.2) is 4.79 Å². The van der Waals surface area contributed by atoms with Gasteiger partial charge in [0, 0.05) is 11.8 Å². The Morgan fingerprint density at radius 2 is 1.96 bits per heavy atom. The summed E-state index contributed by atoms with van der Waals surface area (Å²) in [5, 5.41) is 22.2. The molecule has 0 saturated carbocycles. The molecule has 0 saturated heterocycles. The lowest BCUT2D eigenvalue weighted by Gasteiger charge is -2.20. The Bertz CT molecular complexity index is 731. The van der Waals surface area contributed by atoms with Gasteiger partial charge in [-0.15, -0.1) is 0 Å². The number of ether oxygens (including phenoxy) is 2. The molecule has 0 aliphatic heterocycles. The highest BCUT2D eigenvalue weighted by atomic mass is 16.5. The molecule has 0 spiro atoms. The average Bonchev–Trinajstić information content (AvgIpc) is 2.98. The Balaban J connectivity index is 3.23. The molecule has 126 valence electrons. The van der Waals surface area contributed by atoms with Gasteiger partial charge in [-0.3, -0.25) is 9.48 Å². The molecule has 0 amide bonds. The normalized spacial score (nSPS) is 10.2. The molecule has 1 aromatic rings. The number of methoxy groups -OCH3 is 1. The molecule has 0 radical (unpaired) electrons. The fraction of sp³-hybridized carbons (Fsp3) is 0.438. The van der Waals surface area contributed by atoms with Gasteiger partial charge in [0.15, 0.2) is 0 Å². The van der Waals surface area contributed by atoms with E-state index >= 15 is 0 Å². The number of rotatable bonds is 6. The van der Waals surface area contributed by atoms with Crippen LogP contribution < -0.4 is 0 Å². The van der Waals surface area contributed by atoms with Crippen molar-refractivity contribution in [1.82, 2.24) is 9.78 Å². The van der Waals surface area contributed by atoms with Crippen molar-refractivity contribution in [3.63, 3.8) is 0 Å². The van der Waals surface area contributed by atoms with Crippen LogP contribution >= 0.6 is 0 Å². The Kier molecular flexibility index (Phi) is 6.25. The van der Waals surface area contributed by atoms with Crippen molar-refractivity contribution in [3.8, 4) is 12.1 Å². The van der Waals surface area contributed by atoms with Gasteiger partial charge in [0.2, 0.25) is 0 Å². The summed E-state index contributed by atoms with van der Waals surface area (Å²) in [5.74, 6) is -1.18. The first-order valence-electron chi connectivity index (χ1n) is 7.13. The Morgan fingerprint density at radius 3 is 2.46 bits per heavy atom. The first kappa shape index (κ1) is 18.9. The van der Waals surface area contributed by atoms with Crippen molar-refractivity contribution in [2.75, 3.05) is 13.7 Å². The highest BCUT2D eigenvalue weighted by molar-refractivity contribution is 6.18. The number of hydrogen-bond donors (Lipinski definition) is 0. The summed E-state index contributed by atoms with van der Waals surface area (Å²) in [5.41, 5.74) is -1.07. The third kappa shape index (κ3) is 4.20. The molecule has 0 atom stereocenters. The number of allylic oxidation sites excluding steroid dienone is 1. The van der Waals surface area contributed by atoms with E-state index in [4.69, 9.17) is 20.0 Å². The molecule has 0 aromatic carbocycles. The van der Waals surface area contributed by atoms with Crippen molar-refractivity contribution in [2.24, 2.45) is 5.41 Å². The molecule has 0 aliphatic carbocycles. The van der Waals surface area contributed by atoms with Crippen LogP contribution in [-0.4, -0.2) is 35.4 Å². The second-order valence-corrected chi connectivity index (χ2v) is 5.50. The molecule has 8 nitrogen and oxygen atoms in total. The zero-order valence-electron chi connectivity index (χ0n) is 14.0. The lowest BCUT2D eigenvalue weighted by Crippen LogP contribution is -2.30. The highest BCUT2D eigenvalue weighted by Gasteiger charge is 2.30. The molecule has 8 heteroatoms. The van der Waals surface area contributed by atoms with Gasteiger partial charge in [0.25, 0.3) is 0 Å². The SMILES string of the molecule is CCOC(=O)C(=C(C#N)C#N)c1cnn(CC(C)(C)C(=O)OC)c1. The van der Waals surface area contributed by atoms with Crippen LogP contribution in [0.3, 0.4) is 0 Å². The van der Waals surface area contributed by atoms with E-state index < -0.39 is 17.4 Å². The average molecular weight is 330 g/mol. The lowest BCUT2D eigenvalue weighted by molar-refractivity contribution is -0.151. The van der Waals surface area contributed by atoms with E-state index in [1.165, 1.54) is 24.2 Å². The first-order chi connectivity index (χ1) is 11.3. The lowest BCUT2D eigenvalue weighted by atomic mass is 9.94. The van der Waals surface area contributed by atoms with Crippen molar-refractivity contribution in [3.05, 3.63) is 23.5 Å². The van der Waals surface area contributed by atoms with Crippen molar-refractivity contribution < 1.29 is 19.1 Å². The molecule has 1 heterocycles. The third-order valence-electron chi connectivity index (χ3n) is 3.17. The number of nitriles is 2. The van der Waals surface area contributed by atoms with Crippen molar-refractivity contribution in [2.45, 2.75) is 27.3 Å². The molecule has 1 rings (SSSR count). The predicted octanol–water partition coefficient (Wildman–Crippen LogP) is 1.45. The summed E-state index contributed by atoms with van der Waals surface area (Å²) in [6.07, 6.45) is 2.82. The molecule has 0 N–H and O–H groups in total. The zero-order valence-corrected chi connectivity index (χ0v) is 14.0. The molecule has 0 bridgehead atoms. The second kappa shape index (κ2) is 7.93. The van der Waals surface area contributed by atoms with Crippen LogP contribution in [0, 0.1) is 28.1 Å². The monoisotopic (exact) mass is 330 g/mol. The van der Waals surface area contributed by atoms with E-state index in [9.17, 15) is 9.59 Å². The van der Waals surface area contributed by atoms with E-state index in [1.807, 2.05) is 0 Å². The van der Waals surface area contributed by atoms with Crippen LogP contribution in [0.25, 0.3) is 5.57 Å². The van der Waals surface area contributed by atoms with E-state index in [1.54, 1.807) is 32.9 Å². The number of hydrogen-bond acceptors (Lipinski definition) is 7. The molecule has 1 aromatic heterocycles. The fourth-order valence-corrected chi connectivity index (χ4v) is 2.03. The largest absolute Gasteiger partial charge is 0.469 e. The molecular weight excluding hydrogens is 312 g/mol. The standard InChI is InChI=1S/C16H18N4O4/c1-5-24-14(21)13(11(6-17)7-18)12-8-19-20(9-12)10-16(2,3)15(22)23-4/h8-9H,5,10H2,1-4H3. The Labute approximate surface area is 139 Å². The van der Waals surface area contributed by atoms with Crippen molar-refractivity contribution >= 4 is 17.5 Å². The van der Waals surface area contributed by atoms with Crippen LogP contribution in [0.1, 0.15) is 26.3 Å². The number of nitrogens with zero attached hydrogens (tertiary/aromatic N) is 4. The summed E-state index contributed by atoms with van der Waals surface area (Å²) >= 11 is 0.